The molecule has 0 amide bonds. The van der Waals surface area contributed by atoms with Crippen molar-refractivity contribution in [1.82, 2.24) is 9.55 Å². The first kappa shape index (κ1) is 13.6. The Morgan fingerprint density at radius 3 is 2.90 bits per heavy atom. The molecule has 3 aromatic rings. The highest BCUT2D eigenvalue weighted by Crippen LogP contribution is 2.28. The van der Waals surface area contributed by atoms with Crippen molar-refractivity contribution in [3.63, 3.8) is 0 Å². The van der Waals surface area contributed by atoms with Gasteiger partial charge in [0.1, 0.15) is 5.75 Å². The average molecular weight is 298 g/mol. The van der Waals surface area contributed by atoms with Crippen LogP contribution >= 0.6 is 11.3 Å². The summed E-state index contributed by atoms with van der Waals surface area (Å²) in [7, 11) is 1.66. The molecule has 0 bridgehead atoms. The molecule has 0 unspecified atom stereocenters. The monoisotopic (exact) mass is 298 g/mol. The quantitative estimate of drug-likeness (QED) is 0.689. The summed E-state index contributed by atoms with van der Waals surface area (Å²) < 4.78 is 7.06. The number of ether oxygens (including phenoxy) is 1. The van der Waals surface area contributed by atoms with Gasteiger partial charge in [0.25, 0.3) is 0 Å². The molecule has 2 aromatic heterocycles. The molecule has 2 heterocycles. The van der Waals surface area contributed by atoms with Crippen molar-refractivity contribution >= 4 is 17.6 Å². The summed E-state index contributed by atoms with van der Waals surface area (Å²) in [4.78, 5) is 15.6. The molecule has 106 valence electrons. The summed E-state index contributed by atoms with van der Waals surface area (Å²) in [6, 6.07) is 9.58. The molecule has 0 spiro atoms. The summed E-state index contributed by atoms with van der Waals surface area (Å²) >= 11 is 1.51. The van der Waals surface area contributed by atoms with Crippen LogP contribution in [-0.4, -0.2) is 22.9 Å². The van der Waals surface area contributed by atoms with Gasteiger partial charge in [0.15, 0.2) is 11.4 Å². The maximum absolute atomic E-state index is 11.0. The van der Waals surface area contributed by atoms with E-state index in [0.717, 1.165) is 34.0 Å². The van der Waals surface area contributed by atoms with Crippen molar-refractivity contribution in [2.24, 2.45) is 0 Å². The molecule has 4 nitrogen and oxygen atoms in total. The van der Waals surface area contributed by atoms with E-state index >= 15 is 0 Å². The Hall–Kier alpha value is -2.40. The molecule has 0 aliphatic rings. The second-order valence-corrected chi connectivity index (χ2v) is 5.46. The second-order valence-electron chi connectivity index (χ2n) is 4.62. The Bertz CT molecular complexity index is 789. The SMILES string of the molecule is COc1ccc(-c2csc(-n3cccc3C=O)n2)cc1C. The number of carbonyl (C=O) groups excluding carboxylic acids is 1. The molecular weight excluding hydrogens is 284 g/mol. The van der Waals surface area contributed by atoms with Crippen LogP contribution in [0.4, 0.5) is 0 Å². The van der Waals surface area contributed by atoms with Crippen LogP contribution in [0.25, 0.3) is 16.4 Å². The number of hydrogen-bond donors (Lipinski definition) is 0. The highest BCUT2D eigenvalue weighted by molar-refractivity contribution is 7.12. The predicted octanol–water partition coefficient (Wildman–Crippen LogP) is 3.73. The molecule has 0 atom stereocenters. The van der Waals surface area contributed by atoms with Gasteiger partial charge in [-0.2, -0.15) is 0 Å². The van der Waals surface area contributed by atoms with Crippen LogP contribution in [0.1, 0.15) is 16.1 Å². The lowest BCUT2D eigenvalue weighted by Crippen LogP contribution is -1.96. The molecule has 0 radical (unpaired) electrons. The molecule has 5 heteroatoms. The van der Waals surface area contributed by atoms with Crippen molar-refractivity contribution in [3.8, 4) is 22.1 Å². The van der Waals surface area contributed by atoms with Crippen molar-refractivity contribution in [1.29, 1.82) is 0 Å². The summed E-state index contributed by atoms with van der Waals surface area (Å²) in [6.07, 6.45) is 2.67. The van der Waals surface area contributed by atoms with E-state index < -0.39 is 0 Å². The first-order valence-corrected chi connectivity index (χ1v) is 7.34. The van der Waals surface area contributed by atoms with E-state index in [0.29, 0.717) is 5.69 Å². The van der Waals surface area contributed by atoms with Crippen LogP contribution in [-0.2, 0) is 0 Å². The lowest BCUT2D eigenvalue weighted by Gasteiger charge is -2.05. The molecule has 0 aliphatic heterocycles. The van der Waals surface area contributed by atoms with E-state index in [2.05, 4.69) is 4.98 Å². The fourth-order valence-electron chi connectivity index (χ4n) is 2.21. The number of thiazole rings is 1. The van der Waals surface area contributed by atoms with Crippen LogP contribution in [0.5, 0.6) is 5.75 Å². The van der Waals surface area contributed by atoms with Crippen molar-refractivity contribution in [3.05, 3.63) is 53.2 Å². The summed E-state index contributed by atoms with van der Waals surface area (Å²) in [5.41, 5.74) is 3.60. The Morgan fingerprint density at radius 2 is 2.19 bits per heavy atom. The molecule has 0 fully saturated rings. The predicted molar refractivity (Wildman–Crippen MR) is 83.6 cm³/mol. The lowest BCUT2D eigenvalue weighted by molar-refractivity contribution is 0.111. The first-order chi connectivity index (χ1) is 10.2. The van der Waals surface area contributed by atoms with Gasteiger partial charge >= 0.3 is 0 Å². The zero-order chi connectivity index (χ0) is 14.8. The number of benzene rings is 1. The number of hydrogen-bond acceptors (Lipinski definition) is 4. The minimum Gasteiger partial charge on any atom is -0.496 e. The van der Waals surface area contributed by atoms with Gasteiger partial charge in [-0.3, -0.25) is 9.36 Å². The maximum Gasteiger partial charge on any atom is 0.194 e. The van der Waals surface area contributed by atoms with Crippen LogP contribution < -0.4 is 4.74 Å². The van der Waals surface area contributed by atoms with Gasteiger partial charge in [0.2, 0.25) is 0 Å². The van der Waals surface area contributed by atoms with E-state index in [1.165, 1.54) is 11.3 Å². The van der Waals surface area contributed by atoms with Gasteiger partial charge in [-0.1, -0.05) is 0 Å². The number of methoxy groups -OCH3 is 1. The Balaban J connectivity index is 1.98. The third-order valence-corrected chi connectivity index (χ3v) is 4.13. The van der Waals surface area contributed by atoms with Gasteiger partial charge in [0, 0.05) is 17.1 Å². The molecule has 21 heavy (non-hydrogen) atoms. The third-order valence-electron chi connectivity index (χ3n) is 3.29. The minimum atomic E-state index is 0.599. The van der Waals surface area contributed by atoms with E-state index in [9.17, 15) is 4.79 Å². The number of aryl methyl sites for hydroxylation is 1. The van der Waals surface area contributed by atoms with Crippen molar-refractivity contribution in [2.75, 3.05) is 7.11 Å². The fourth-order valence-corrected chi connectivity index (χ4v) is 3.05. The number of aromatic nitrogens is 2. The van der Waals surface area contributed by atoms with Crippen molar-refractivity contribution in [2.45, 2.75) is 6.92 Å². The normalized spacial score (nSPS) is 10.6. The van der Waals surface area contributed by atoms with Crippen molar-refractivity contribution < 1.29 is 9.53 Å². The Kier molecular flexibility index (Phi) is 3.58. The largest absolute Gasteiger partial charge is 0.496 e. The van der Waals surface area contributed by atoms with E-state index in [1.807, 2.05) is 42.8 Å². The first-order valence-electron chi connectivity index (χ1n) is 6.46. The standard InChI is InChI=1S/C16H14N2O2S/c1-11-8-12(5-6-15(11)20-2)14-10-21-16(17-14)18-7-3-4-13(18)9-19/h3-10H,1-2H3. The molecule has 1 aromatic carbocycles. The molecule has 0 N–H and O–H groups in total. The molecule has 3 rings (SSSR count). The highest BCUT2D eigenvalue weighted by atomic mass is 32.1. The third kappa shape index (κ3) is 2.48. The zero-order valence-corrected chi connectivity index (χ0v) is 12.6. The van der Waals surface area contributed by atoms with E-state index in [1.54, 1.807) is 17.7 Å². The van der Waals surface area contributed by atoms with Gasteiger partial charge in [0.05, 0.1) is 18.5 Å². The van der Waals surface area contributed by atoms with Crippen LogP contribution in [0.2, 0.25) is 0 Å². The molecule has 0 saturated heterocycles. The maximum atomic E-state index is 11.0. The summed E-state index contributed by atoms with van der Waals surface area (Å²) in [6.45, 7) is 2.01. The second kappa shape index (κ2) is 5.54. The topological polar surface area (TPSA) is 44.1 Å². The molecule has 0 aliphatic carbocycles. The van der Waals surface area contributed by atoms with Gasteiger partial charge < -0.3 is 4.74 Å². The van der Waals surface area contributed by atoms with Crippen LogP contribution in [0.15, 0.2) is 41.9 Å². The number of aldehydes is 1. The van der Waals surface area contributed by atoms with Gasteiger partial charge in [-0.15, -0.1) is 11.3 Å². The Labute approximate surface area is 126 Å². The lowest BCUT2D eigenvalue weighted by atomic mass is 10.1. The van der Waals surface area contributed by atoms with Gasteiger partial charge in [-0.05, 0) is 42.8 Å². The van der Waals surface area contributed by atoms with Crippen LogP contribution in [0.3, 0.4) is 0 Å². The summed E-state index contributed by atoms with van der Waals surface area (Å²) in [5, 5.41) is 2.77. The Morgan fingerprint density at radius 1 is 1.33 bits per heavy atom. The minimum absolute atomic E-state index is 0.599. The van der Waals surface area contributed by atoms with E-state index in [4.69, 9.17) is 4.74 Å². The number of nitrogens with zero attached hydrogens (tertiary/aromatic N) is 2. The highest BCUT2D eigenvalue weighted by Gasteiger charge is 2.10. The summed E-state index contributed by atoms with van der Waals surface area (Å²) in [5.74, 6) is 0.864. The number of carbonyl (C=O) groups is 1. The number of rotatable bonds is 4. The molecule has 0 saturated carbocycles. The molecular formula is C16H14N2O2S. The smallest absolute Gasteiger partial charge is 0.194 e. The zero-order valence-electron chi connectivity index (χ0n) is 11.7. The van der Waals surface area contributed by atoms with Gasteiger partial charge in [-0.25, -0.2) is 4.98 Å². The average Bonchev–Trinajstić information content (AvgIpc) is 3.15. The van der Waals surface area contributed by atoms with Crippen LogP contribution in [0, 0.1) is 6.92 Å². The fraction of sp³-hybridized carbons (Fsp3) is 0.125. The van der Waals surface area contributed by atoms with E-state index in [-0.39, 0.29) is 0 Å².